The van der Waals surface area contributed by atoms with Crippen LogP contribution in [0.1, 0.15) is 12.5 Å². The van der Waals surface area contributed by atoms with Gasteiger partial charge in [-0.15, -0.1) is 10.1 Å². The third kappa shape index (κ3) is 5.87. The second kappa shape index (κ2) is 8.74. The zero-order valence-electron chi connectivity index (χ0n) is 14.2. The molecular formula is C15H10Cl2F3NO8. The molecular weight excluding hydrogens is 450 g/mol. The van der Waals surface area contributed by atoms with Gasteiger partial charge in [-0.1, -0.05) is 23.2 Å². The Morgan fingerprint density at radius 2 is 1.97 bits per heavy atom. The molecule has 0 radical (unpaired) electrons. The fourth-order valence-electron chi connectivity index (χ4n) is 2.21. The van der Waals surface area contributed by atoms with Gasteiger partial charge in [0.2, 0.25) is 12.4 Å². The van der Waals surface area contributed by atoms with E-state index >= 15 is 0 Å². The number of benzene rings is 1. The summed E-state index contributed by atoms with van der Waals surface area (Å²) in [7, 11) is 0. The van der Waals surface area contributed by atoms with Crippen molar-refractivity contribution in [3.63, 3.8) is 0 Å². The summed E-state index contributed by atoms with van der Waals surface area (Å²) >= 11 is 11.6. The Balaban J connectivity index is 2.22. The molecule has 2 rings (SSSR count). The number of halogens is 5. The molecule has 1 unspecified atom stereocenters. The van der Waals surface area contributed by atoms with Gasteiger partial charge in [-0.05, 0) is 18.2 Å². The molecule has 0 saturated carbocycles. The molecule has 29 heavy (non-hydrogen) atoms. The summed E-state index contributed by atoms with van der Waals surface area (Å²) in [5.41, 5.74) is -0.952. The Morgan fingerprint density at radius 1 is 1.31 bits per heavy atom. The Kier molecular flexibility index (Phi) is 6.80. The molecule has 0 fully saturated rings. The van der Waals surface area contributed by atoms with Crippen LogP contribution in [0.25, 0.3) is 6.08 Å². The van der Waals surface area contributed by atoms with Gasteiger partial charge in [0.05, 0.1) is 10.6 Å². The Labute approximate surface area is 170 Å². The number of ether oxygens (including phenoxy) is 3. The van der Waals surface area contributed by atoms with E-state index in [0.717, 1.165) is 13.0 Å². The molecule has 9 nitrogen and oxygen atoms in total. The van der Waals surface area contributed by atoms with Crippen molar-refractivity contribution in [2.75, 3.05) is 6.61 Å². The summed E-state index contributed by atoms with van der Waals surface area (Å²) in [5.74, 6) is -3.12. The number of esters is 2. The van der Waals surface area contributed by atoms with Gasteiger partial charge in [0, 0.05) is 17.5 Å². The molecule has 1 aliphatic rings. The Morgan fingerprint density at radius 3 is 2.55 bits per heavy atom. The molecule has 0 saturated heterocycles. The highest BCUT2D eigenvalue weighted by atomic mass is 35.5. The van der Waals surface area contributed by atoms with Crippen molar-refractivity contribution in [1.82, 2.24) is 0 Å². The van der Waals surface area contributed by atoms with E-state index in [-0.39, 0.29) is 21.4 Å². The van der Waals surface area contributed by atoms with Crippen molar-refractivity contribution in [2.45, 2.75) is 25.5 Å². The van der Waals surface area contributed by atoms with Gasteiger partial charge in [0.1, 0.15) is 5.75 Å². The van der Waals surface area contributed by atoms with E-state index in [4.69, 9.17) is 27.9 Å². The number of hydrogen-bond donors (Lipinski definition) is 0. The molecule has 1 heterocycles. The Hall–Kier alpha value is -2.73. The quantitative estimate of drug-likeness (QED) is 0.275. The summed E-state index contributed by atoms with van der Waals surface area (Å²) in [4.78, 5) is 37.3. The van der Waals surface area contributed by atoms with Crippen molar-refractivity contribution >= 4 is 41.2 Å². The van der Waals surface area contributed by atoms with Crippen molar-refractivity contribution in [1.29, 1.82) is 0 Å². The molecule has 1 aliphatic heterocycles. The number of alkyl halides is 3. The van der Waals surface area contributed by atoms with E-state index in [2.05, 4.69) is 14.3 Å². The summed E-state index contributed by atoms with van der Waals surface area (Å²) in [6.45, 7) is -0.0905. The summed E-state index contributed by atoms with van der Waals surface area (Å²) in [5, 5.41) is 8.62. The molecule has 1 aromatic carbocycles. The number of fused-ring (bicyclic) bond motifs is 1. The van der Waals surface area contributed by atoms with Gasteiger partial charge in [-0.2, -0.15) is 13.2 Å². The van der Waals surface area contributed by atoms with Crippen LogP contribution in [-0.2, 0) is 23.9 Å². The zero-order chi connectivity index (χ0) is 21.9. The first-order valence-corrected chi connectivity index (χ1v) is 8.26. The summed E-state index contributed by atoms with van der Waals surface area (Å²) in [6, 6.07) is 2.39. The maximum atomic E-state index is 13.4. The van der Waals surface area contributed by atoms with Gasteiger partial charge < -0.3 is 19.0 Å². The molecule has 0 aliphatic carbocycles. The van der Waals surface area contributed by atoms with Crippen molar-refractivity contribution in [3.8, 4) is 5.75 Å². The monoisotopic (exact) mass is 459 g/mol. The van der Waals surface area contributed by atoms with E-state index in [9.17, 15) is 32.9 Å². The normalized spacial score (nSPS) is 16.6. The van der Waals surface area contributed by atoms with Crippen LogP contribution < -0.4 is 4.74 Å². The lowest BCUT2D eigenvalue weighted by atomic mass is 10.0. The Bertz CT molecular complexity index is 874. The fraction of sp³-hybridized carbons (Fsp3) is 0.333. The largest absolute Gasteiger partial charge is 0.474 e. The van der Waals surface area contributed by atoms with Crippen LogP contribution in [0.3, 0.4) is 0 Å². The fourth-order valence-corrected chi connectivity index (χ4v) is 2.77. The van der Waals surface area contributed by atoms with Crippen LogP contribution in [0.15, 0.2) is 17.7 Å². The van der Waals surface area contributed by atoms with Gasteiger partial charge in [0.25, 0.3) is 5.09 Å². The smallest absolute Gasteiger partial charge is 0.430 e. The predicted molar refractivity (Wildman–Crippen MR) is 89.5 cm³/mol. The number of hydrogen-bond acceptors (Lipinski definition) is 8. The molecule has 0 spiro atoms. The van der Waals surface area contributed by atoms with Gasteiger partial charge in [-0.3, -0.25) is 0 Å². The lowest BCUT2D eigenvalue weighted by Crippen LogP contribution is -2.41. The maximum Gasteiger partial charge on any atom is 0.430 e. The highest BCUT2D eigenvalue weighted by Gasteiger charge is 2.49. The number of carbonyl (C=O) groups excluding carboxylic acids is 2. The van der Waals surface area contributed by atoms with Crippen molar-refractivity contribution in [3.05, 3.63) is 43.4 Å². The first kappa shape index (κ1) is 22.6. The van der Waals surface area contributed by atoms with E-state index in [1.807, 2.05) is 0 Å². The molecule has 1 aromatic rings. The van der Waals surface area contributed by atoms with Crippen LogP contribution in [0.2, 0.25) is 10.0 Å². The minimum absolute atomic E-state index is 0.000944. The molecule has 0 N–H and O–H groups in total. The molecule has 14 heteroatoms. The highest BCUT2D eigenvalue weighted by Crippen LogP contribution is 2.42. The maximum absolute atomic E-state index is 13.4. The zero-order valence-corrected chi connectivity index (χ0v) is 15.7. The van der Waals surface area contributed by atoms with E-state index in [1.54, 1.807) is 0 Å². The second-order valence-electron chi connectivity index (χ2n) is 5.40. The van der Waals surface area contributed by atoms with E-state index < -0.39 is 47.8 Å². The van der Waals surface area contributed by atoms with Gasteiger partial charge in [0.15, 0.2) is 6.61 Å². The van der Waals surface area contributed by atoms with Crippen LogP contribution in [0.4, 0.5) is 13.2 Å². The molecule has 2 atom stereocenters. The van der Waals surface area contributed by atoms with E-state index in [0.29, 0.717) is 0 Å². The van der Waals surface area contributed by atoms with Gasteiger partial charge in [-0.25, -0.2) is 9.59 Å². The van der Waals surface area contributed by atoms with Crippen molar-refractivity contribution in [2.24, 2.45) is 0 Å². The van der Waals surface area contributed by atoms with Crippen LogP contribution in [0, 0.1) is 10.1 Å². The van der Waals surface area contributed by atoms with Crippen LogP contribution in [-0.4, -0.2) is 42.2 Å². The standard InChI is InChI=1S/C15H10Cl2F3NO8/c1-6(27-11(22)5-26-21(24)25)28-14(23)9-3-7-2-8(16)4-10(17)12(7)29-13(9)15(18,19)20/h2-4,6,13H,5H2,1H3/t6-,13?/m1/s1. The van der Waals surface area contributed by atoms with Crippen LogP contribution >= 0.6 is 23.2 Å². The average Bonchev–Trinajstić information content (AvgIpc) is 2.57. The number of nitrogens with zero attached hydrogens (tertiary/aromatic N) is 1. The summed E-state index contributed by atoms with van der Waals surface area (Å²) in [6.07, 6.45) is -8.56. The third-order valence-corrected chi connectivity index (χ3v) is 3.76. The second-order valence-corrected chi connectivity index (χ2v) is 6.25. The number of rotatable bonds is 6. The first-order chi connectivity index (χ1) is 13.4. The lowest BCUT2D eigenvalue weighted by Gasteiger charge is -2.29. The minimum Gasteiger partial charge on any atom is -0.474 e. The summed E-state index contributed by atoms with van der Waals surface area (Å²) < 4.78 is 54.1. The van der Waals surface area contributed by atoms with Crippen molar-refractivity contribution < 1.29 is 46.9 Å². The van der Waals surface area contributed by atoms with E-state index in [1.165, 1.54) is 12.1 Å². The van der Waals surface area contributed by atoms with Crippen LogP contribution in [0.5, 0.6) is 5.75 Å². The molecule has 0 amide bonds. The average molecular weight is 460 g/mol. The topological polar surface area (TPSA) is 114 Å². The molecule has 158 valence electrons. The minimum atomic E-state index is -5.01. The lowest BCUT2D eigenvalue weighted by molar-refractivity contribution is -0.754. The predicted octanol–water partition coefficient (Wildman–Crippen LogP) is 3.34. The van der Waals surface area contributed by atoms with Gasteiger partial charge >= 0.3 is 18.1 Å². The highest BCUT2D eigenvalue weighted by molar-refractivity contribution is 6.36. The third-order valence-electron chi connectivity index (χ3n) is 3.26. The molecule has 0 bridgehead atoms. The number of carbonyl (C=O) groups is 2. The molecule has 0 aromatic heterocycles. The SMILES string of the molecule is C[C@H](OC(=O)CO[N+](=O)[O-])OC(=O)C1=Cc2cc(Cl)cc(Cl)c2OC1C(F)(F)F. The first-order valence-electron chi connectivity index (χ1n) is 7.50.